The molecule has 0 saturated carbocycles. The van der Waals surface area contributed by atoms with E-state index in [0.717, 1.165) is 49.8 Å². The fourth-order valence-electron chi connectivity index (χ4n) is 8.36. The van der Waals surface area contributed by atoms with Crippen LogP contribution in [-0.4, -0.2) is 0 Å². The summed E-state index contributed by atoms with van der Waals surface area (Å²) in [5, 5.41) is 6.99. The van der Waals surface area contributed by atoms with Gasteiger partial charge in [-0.05, 0) is 93.4 Å². The van der Waals surface area contributed by atoms with Crippen LogP contribution in [0, 0.1) is 0 Å². The average molecular weight is 720 g/mol. The van der Waals surface area contributed by atoms with Crippen molar-refractivity contribution in [1.82, 2.24) is 0 Å². The molecule has 0 aliphatic carbocycles. The SMILES string of the molecule is c1ccc(-c2ccc(N(c3ccc4sc5ccccc5c4c3)c3cccc4ccc5c(oc6cccc(-c7ccccc7)c65)c34)cc2-c2ccccc2)cc1. The summed E-state index contributed by atoms with van der Waals surface area (Å²) in [6.45, 7) is 0. The maximum Gasteiger partial charge on any atom is 0.145 e. The summed E-state index contributed by atoms with van der Waals surface area (Å²) in [6.07, 6.45) is 0. The Morgan fingerprint density at radius 1 is 0.382 bits per heavy atom. The molecule has 0 aliphatic heterocycles. The zero-order valence-electron chi connectivity index (χ0n) is 29.8. The number of rotatable bonds is 6. The first-order valence-corrected chi connectivity index (χ1v) is 19.5. The van der Waals surface area contributed by atoms with Crippen LogP contribution >= 0.6 is 11.3 Å². The second-order valence-electron chi connectivity index (χ2n) is 14.0. The number of nitrogens with zero attached hydrogens (tertiary/aromatic N) is 1. The monoisotopic (exact) mass is 719 g/mol. The molecule has 258 valence electrons. The number of benzene rings is 9. The molecule has 11 aromatic rings. The van der Waals surface area contributed by atoms with Crippen LogP contribution in [0.25, 0.3) is 86.3 Å². The number of fused-ring (bicyclic) bond motifs is 8. The molecule has 0 spiro atoms. The van der Waals surface area contributed by atoms with E-state index >= 15 is 0 Å². The molecule has 0 fully saturated rings. The third-order valence-corrected chi connectivity index (χ3v) is 12.0. The summed E-state index contributed by atoms with van der Waals surface area (Å²) in [5.74, 6) is 0. The Labute approximate surface area is 322 Å². The van der Waals surface area contributed by atoms with Crippen LogP contribution in [0.1, 0.15) is 0 Å². The fourth-order valence-corrected chi connectivity index (χ4v) is 9.44. The topological polar surface area (TPSA) is 16.4 Å². The molecular formula is C52H33NOS. The van der Waals surface area contributed by atoms with Crippen LogP contribution in [0.3, 0.4) is 0 Å². The van der Waals surface area contributed by atoms with Crippen molar-refractivity contribution in [2.75, 3.05) is 4.90 Å². The van der Waals surface area contributed by atoms with E-state index in [4.69, 9.17) is 4.42 Å². The van der Waals surface area contributed by atoms with Gasteiger partial charge in [-0.15, -0.1) is 11.3 Å². The van der Waals surface area contributed by atoms with Crippen LogP contribution in [0.5, 0.6) is 0 Å². The van der Waals surface area contributed by atoms with Crippen molar-refractivity contribution in [2.45, 2.75) is 0 Å². The lowest BCUT2D eigenvalue weighted by Gasteiger charge is -2.28. The lowest BCUT2D eigenvalue weighted by molar-refractivity contribution is 0.673. The molecule has 0 radical (unpaired) electrons. The van der Waals surface area contributed by atoms with Gasteiger partial charge >= 0.3 is 0 Å². The van der Waals surface area contributed by atoms with Crippen molar-refractivity contribution in [1.29, 1.82) is 0 Å². The Hall–Kier alpha value is -6.94. The first kappa shape index (κ1) is 31.6. The van der Waals surface area contributed by atoms with Crippen molar-refractivity contribution < 1.29 is 4.42 Å². The number of thiophene rings is 1. The van der Waals surface area contributed by atoms with Crippen molar-refractivity contribution >= 4 is 81.3 Å². The smallest absolute Gasteiger partial charge is 0.145 e. The highest BCUT2D eigenvalue weighted by Crippen LogP contribution is 2.48. The summed E-state index contributed by atoms with van der Waals surface area (Å²) in [6, 6.07) is 72.1. The molecule has 0 N–H and O–H groups in total. The van der Waals surface area contributed by atoms with Gasteiger partial charge in [0.1, 0.15) is 11.2 Å². The maximum absolute atomic E-state index is 6.95. The van der Waals surface area contributed by atoms with Gasteiger partial charge in [-0.2, -0.15) is 0 Å². The Bertz CT molecular complexity index is 3200. The van der Waals surface area contributed by atoms with Crippen LogP contribution < -0.4 is 4.90 Å². The molecule has 2 heterocycles. The average Bonchev–Trinajstić information content (AvgIpc) is 3.83. The third-order valence-electron chi connectivity index (χ3n) is 10.9. The highest BCUT2D eigenvalue weighted by atomic mass is 32.1. The second kappa shape index (κ2) is 12.9. The number of hydrogen-bond acceptors (Lipinski definition) is 3. The van der Waals surface area contributed by atoms with Gasteiger partial charge in [0.25, 0.3) is 0 Å². The van der Waals surface area contributed by atoms with Gasteiger partial charge in [0.05, 0.1) is 5.69 Å². The zero-order valence-corrected chi connectivity index (χ0v) is 30.6. The van der Waals surface area contributed by atoms with Crippen LogP contribution in [0.4, 0.5) is 17.1 Å². The molecule has 2 nitrogen and oxygen atoms in total. The van der Waals surface area contributed by atoms with Gasteiger partial charge < -0.3 is 9.32 Å². The molecule has 2 aromatic heterocycles. The molecule has 55 heavy (non-hydrogen) atoms. The minimum Gasteiger partial charge on any atom is -0.455 e. The van der Waals surface area contributed by atoms with Crippen LogP contribution in [0.2, 0.25) is 0 Å². The number of hydrogen-bond donors (Lipinski definition) is 0. The van der Waals surface area contributed by atoms with E-state index in [9.17, 15) is 0 Å². The van der Waals surface area contributed by atoms with Gasteiger partial charge in [0.15, 0.2) is 0 Å². The molecule has 9 aromatic carbocycles. The maximum atomic E-state index is 6.95. The number of furan rings is 1. The van der Waals surface area contributed by atoms with Gasteiger partial charge in [-0.3, -0.25) is 0 Å². The first-order valence-electron chi connectivity index (χ1n) is 18.7. The lowest BCUT2D eigenvalue weighted by atomic mass is 9.93. The van der Waals surface area contributed by atoms with Crippen molar-refractivity contribution in [2.24, 2.45) is 0 Å². The first-order chi connectivity index (χ1) is 27.3. The molecule has 11 rings (SSSR count). The summed E-state index contributed by atoms with van der Waals surface area (Å²) in [7, 11) is 0. The van der Waals surface area contributed by atoms with E-state index in [2.05, 4.69) is 205 Å². The molecule has 0 saturated heterocycles. The highest BCUT2D eigenvalue weighted by Gasteiger charge is 2.23. The Balaban J connectivity index is 1.22. The van der Waals surface area contributed by atoms with Crippen molar-refractivity contribution in [3.05, 3.63) is 200 Å². The Kier molecular flexibility index (Phi) is 7.39. The van der Waals surface area contributed by atoms with E-state index in [1.54, 1.807) is 0 Å². The van der Waals surface area contributed by atoms with Crippen molar-refractivity contribution in [3.63, 3.8) is 0 Å². The molecular weight excluding hydrogens is 687 g/mol. The van der Waals surface area contributed by atoms with Gasteiger partial charge in [-0.25, -0.2) is 0 Å². The van der Waals surface area contributed by atoms with E-state index in [-0.39, 0.29) is 0 Å². The fraction of sp³-hybridized carbons (Fsp3) is 0. The van der Waals surface area contributed by atoms with E-state index in [1.165, 1.54) is 53.6 Å². The molecule has 0 unspecified atom stereocenters. The minimum atomic E-state index is 0.884. The third kappa shape index (κ3) is 5.24. The highest BCUT2D eigenvalue weighted by molar-refractivity contribution is 7.25. The Morgan fingerprint density at radius 3 is 1.80 bits per heavy atom. The summed E-state index contributed by atoms with van der Waals surface area (Å²) >= 11 is 1.85. The molecule has 0 atom stereocenters. The zero-order chi connectivity index (χ0) is 36.3. The van der Waals surface area contributed by atoms with E-state index < -0.39 is 0 Å². The normalized spacial score (nSPS) is 11.6. The molecule has 0 bridgehead atoms. The van der Waals surface area contributed by atoms with Crippen molar-refractivity contribution in [3.8, 4) is 33.4 Å². The quantitative estimate of drug-likeness (QED) is 0.170. The minimum absolute atomic E-state index is 0.884. The predicted molar refractivity (Wildman–Crippen MR) is 235 cm³/mol. The summed E-state index contributed by atoms with van der Waals surface area (Å²) in [4.78, 5) is 2.43. The summed E-state index contributed by atoms with van der Waals surface area (Å²) in [5.41, 5.74) is 12.1. The second-order valence-corrected chi connectivity index (χ2v) is 15.1. The number of anilines is 3. The van der Waals surface area contributed by atoms with Crippen LogP contribution in [-0.2, 0) is 0 Å². The molecule has 3 heteroatoms. The molecule has 0 aliphatic rings. The van der Waals surface area contributed by atoms with Crippen LogP contribution in [0.15, 0.2) is 205 Å². The van der Waals surface area contributed by atoms with E-state index in [1.807, 2.05) is 11.3 Å². The van der Waals surface area contributed by atoms with Gasteiger partial charge in [0.2, 0.25) is 0 Å². The molecule has 0 amide bonds. The predicted octanol–water partition coefficient (Wildman–Crippen LogP) is 15.6. The van der Waals surface area contributed by atoms with E-state index in [0.29, 0.717) is 0 Å². The lowest BCUT2D eigenvalue weighted by Crippen LogP contribution is -2.11. The summed E-state index contributed by atoms with van der Waals surface area (Å²) < 4.78 is 9.52. The van der Waals surface area contributed by atoms with Gasteiger partial charge in [0, 0.05) is 47.7 Å². The van der Waals surface area contributed by atoms with Gasteiger partial charge in [-0.1, -0.05) is 146 Å². The largest absolute Gasteiger partial charge is 0.455 e. The standard InChI is InChI=1S/C52H33NOS/c1-4-14-34(15-5-1)40-30-27-38(32-44(40)36-18-8-3-9-19-36)53(39-28-31-49-45(33-39)42-21-10-11-25-48(42)55-49)46-23-12-20-37-26-29-43-51-41(35-16-6-2-7-17-35)22-13-24-47(51)54-52(43)50(37)46/h1-33H. The Morgan fingerprint density at radius 2 is 1.02 bits per heavy atom.